The van der Waals surface area contributed by atoms with Gasteiger partial charge in [0.2, 0.25) is 0 Å². The lowest BCUT2D eigenvalue weighted by Gasteiger charge is -2.08. The average Bonchev–Trinajstić information content (AvgIpc) is 3.40. The Hall–Kier alpha value is -3.81. The molecule has 0 aliphatic carbocycles. The molecule has 8 nitrogen and oxygen atoms in total. The molecule has 0 saturated carbocycles. The number of imidazole rings is 1. The molecule has 0 unspecified atom stereocenters. The molecule has 1 amide bonds. The van der Waals surface area contributed by atoms with E-state index in [-0.39, 0.29) is 11.6 Å². The zero-order chi connectivity index (χ0) is 20.4. The molecule has 0 bridgehead atoms. The van der Waals surface area contributed by atoms with Crippen molar-refractivity contribution in [2.45, 2.75) is 27.2 Å². The van der Waals surface area contributed by atoms with Gasteiger partial charge in [0.25, 0.3) is 11.8 Å². The van der Waals surface area contributed by atoms with E-state index >= 15 is 0 Å². The van der Waals surface area contributed by atoms with Crippen LogP contribution in [-0.2, 0) is 6.42 Å². The average molecular weight is 388 g/mol. The van der Waals surface area contributed by atoms with Crippen LogP contribution < -0.4 is 5.32 Å². The first-order chi connectivity index (χ1) is 14.0. The zero-order valence-electron chi connectivity index (χ0n) is 16.4. The maximum atomic E-state index is 12.7. The maximum absolute atomic E-state index is 12.7. The summed E-state index contributed by atoms with van der Waals surface area (Å²) in [5.74, 6) is 1.26. The van der Waals surface area contributed by atoms with Crippen LogP contribution in [0.15, 0.2) is 53.6 Å². The largest absolute Gasteiger partial charge is 0.334 e. The van der Waals surface area contributed by atoms with Crippen molar-refractivity contribution in [3.63, 3.8) is 0 Å². The molecule has 4 aromatic rings. The molecule has 29 heavy (non-hydrogen) atoms. The van der Waals surface area contributed by atoms with Gasteiger partial charge >= 0.3 is 0 Å². The highest BCUT2D eigenvalue weighted by molar-refractivity contribution is 6.03. The molecule has 0 spiro atoms. The Labute approximate surface area is 167 Å². The predicted octanol–water partition coefficient (Wildman–Crippen LogP) is 3.75. The molecule has 1 aromatic carbocycles. The number of nitrogens with one attached hydrogen (secondary N) is 1. The van der Waals surface area contributed by atoms with Gasteiger partial charge in [-0.05, 0) is 43.2 Å². The molecular formula is C21H20N6O2. The fourth-order valence-electron chi connectivity index (χ4n) is 2.89. The van der Waals surface area contributed by atoms with E-state index in [4.69, 9.17) is 4.52 Å². The number of hydrogen-bond donors (Lipinski definition) is 1. The Morgan fingerprint density at radius 1 is 1.21 bits per heavy atom. The van der Waals surface area contributed by atoms with E-state index < -0.39 is 0 Å². The summed E-state index contributed by atoms with van der Waals surface area (Å²) in [5, 5.41) is 6.85. The minimum atomic E-state index is -0.291. The second-order valence-corrected chi connectivity index (χ2v) is 6.68. The molecule has 0 saturated heterocycles. The molecule has 0 aliphatic rings. The third-order valence-corrected chi connectivity index (χ3v) is 4.50. The quantitative estimate of drug-likeness (QED) is 0.559. The fraction of sp³-hybridized carbons (Fsp3) is 0.190. The molecule has 3 heterocycles. The van der Waals surface area contributed by atoms with E-state index in [0.717, 1.165) is 16.8 Å². The first-order valence-corrected chi connectivity index (χ1v) is 9.26. The Bertz CT molecular complexity index is 1180. The number of pyridine rings is 1. The lowest BCUT2D eigenvalue weighted by Crippen LogP contribution is -2.13. The second-order valence-electron chi connectivity index (χ2n) is 6.68. The van der Waals surface area contributed by atoms with E-state index in [2.05, 4.69) is 25.4 Å². The third-order valence-electron chi connectivity index (χ3n) is 4.50. The summed E-state index contributed by atoms with van der Waals surface area (Å²) in [6, 6.07) is 9.54. The molecule has 8 heteroatoms. The monoisotopic (exact) mass is 388 g/mol. The highest BCUT2D eigenvalue weighted by Gasteiger charge is 2.17. The lowest BCUT2D eigenvalue weighted by molar-refractivity contribution is 0.102. The van der Waals surface area contributed by atoms with Gasteiger partial charge in [-0.15, -0.1) is 0 Å². The topological polar surface area (TPSA) is 98.7 Å². The van der Waals surface area contributed by atoms with Crippen molar-refractivity contribution in [3.05, 3.63) is 71.7 Å². The van der Waals surface area contributed by atoms with E-state index in [0.29, 0.717) is 29.5 Å². The van der Waals surface area contributed by atoms with Gasteiger partial charge in [0.05, 0.1) is 5.56 Å². The van der Waals surface area contributed by atoms with E-state index in [1.807, 2.05) is 45.0 Å². The van der Waals surface area contributed by atoms with E-state index in [1.54, 1.807) is 29.4 Å². The maximum Gasteiger partial charge on any atom is 0.275 e. The number of nitrogens with zero attached hydrogens (tertiary/aromatic N) is 5. The zero-order valence-corrected chi connectivity index (χ0v) is 16.4. The standard InChI is InChI=1S/C21H20N6O2/c1-4-18-25-21(29-26-18)15-6-5-9-22-19(15)27-11-17(23-12-27)20(28)24-16-10-13(2)7-8-14(16)3/h5-12H,4H2,1-3H3,(H,24,28). The van der Waals surface area contributed by atoms with Crippen LogP contribution in [0.4, 0.5) is 5.69 Å². The third kappa shape index (κ3) is 3.77. The molecule has 0 aliphatic heterocycles. The Morgan fingerprint density at radius 2 is 2.07 bits per heavy atom. The Balaban J connectivity index is 1.63. The molecule has 4 rings (SSSR count). The summed E-state index contributed by atoms with van der Waals surface area (Å²) < 4.78 is 7.02. The van der Waals surface area contributed by atoms with Crippen LogP contribution in [0.2, 0.25) is 0 Å². The number of carbonyl (C=O) groups is 1. The van der Waals surface area contributed by atoms with Gasteiger partial charge in [-0.25, -0.2) is 9.97 Å². The Kier molecular flexibility index (Phi) is 4.90. The second kappa shape index (κ2) is 7.67. The number of hydrogen-bond acceptors (Lipinski definition) is 6. The van der Waals surface area contributed by atoms with Gasteiger partial charge in [0, 0.05) is 24.5 Å². The van der Waals surface area contributed by atoms with E-state index in [1.165, 1.54) is 0 Å². The summed E-state index contributed by atoms with van der Waals surface area (Å²) in [6.07, 6.45) is 5.50. The van der Waals surface area contributed by atoms with E-state index in [9.17, 15) is 4.79 Å². The smallest absolute Gasteiger partial charge is 0.275 e. The number of aryl methyl sites for hydroxylation is 3. The van der Waals surface area contributed by atoms with Crippen molar-refractivity contribution in [2.24, 2.45) is 0 Å². The molecular weight excluding hydrogens is 368 g/mol. The van der Waals surface area contributed by atoms with Crippen molar-refractivity contribution < 1.29 is 9.32 Å². The molecule has 1 N–H and O–H groups in total. The van der Waals surface area contributed by atoms with Crippen LogP contribution in [0.1, 0.15) is 34.4 Å². The number of carbonyl (C=O) groups excluding carboxylic acids is 1. The summed E-state index contributed by atoms with van der Waals surface area (Å²) in [4.78, 5) is 25.7. The first kappa shape index (κ1) is 18.5. The summed E-state index contributed by atoms with van der Waals surface area (Å²) in [6.45, 7) is 5.88. The minimum absolute atomic E-state index is 0.280. The first-order valence-electron chi connectivity index (χ1n) is 9.26. The number of anilines is 1. The highest BCUT2D eigenvalue weighted by Crippen LogP contribution is 2.24. The van der Waals surface area contributed by atoms with Gasteiger partial charge in [-0.3, -0.25) is 9.36 Å². The van der Waals surface area contributed by atoms with Crippen LogP contribution in [0.25, 0.3) is 17.3 Å². The number of benzene rings is 1. The van der Waals surface area contributed by atoms with Gasteiger partial charge in [-0.1, -0.05) is 24.2 Å². The van der Waals surface area contributed by atoms with Crippen molar-refractivity contribution in [1.29, 1.82) is 0 Å². The van der Waals surface area contributed by atoms with Gasteiger partial charge in [0.15, 0.2) is 11.6 Å². The van der Waals surface area contributed by atoms with Crippen molar-refractivity contribution in [1.82, 2.24) is 24.7 Å². The molecule has 0 atom stereocenters. The Morgan fingerprint density at radius 3 is 2.86 bits per heavy atom. The van der Waals surface area contributed by atoms with Crippen LogP contribution in [0.3, 0.4) is 0 Å². The summed E-state index contributed by atoms with van der Waals surface area (Å²) in [7, 11) is 0. The summed E-state index contributed by atoms with van der Waals surface area (Å²) in [5.41, 5.74) is 3.76. The van der Waals surface area contributed by atoms with Crippen molar-refractivity contribution in [3.8, 4) is 17.3 Å². The highest BCUT2D eigenvalue weighted by atomic mass is 16.5. The lowest BCUT2D eigenvalue weighted by atomic mass is 10.1. The number of amides is 1. The van der Waals surface area contributed by atoms with Crippen LogP contribution in [0.5, 0.6) is 0 Å². The van der Waals surface area contributed by atoms with Crippen molar-refractivity contribution in [2.75, 3.05) is 5.32 Å². The van der Waals surface area contributed by atoms with Crippen LogP contribution >= 0.6 is 0 Å². The minimum Gasteiger partial charge on any atom is -0.334 e. The SMILES string of the molecule is CCc1noc(-c2cccnc2-n2cnc(C(=O)Nc3cc(C)ccc3C)c2)n1. The molecule has 0 radical (unpaired) electrons. The van der Waals surface area contributed by atoms with Gasteiger partial charge < -0.3 is 9.84 Å². The molecule has 146 valence electrons. The number of aromatic nitrogens is 5. The predicted molar refractivity (Wildman–Crippen MR) is 108 cm³/mol. The summed E-state index contributed by atoms with van der Waals surface area (Å²) >= 11 is 0. The normalized spacial score (nSPS) is 10.9. The number of rotatable bonds is 5. The van der Waals surface area contributed by atoms with Crippen molar-refractivity contribution >= 4 is 11.6 Å². The molecule has 3 aromatic heterocycles. The van der Waals surface area contributed by atoms with Gasteiger partial charge in [-0.2, -0.15) is 4.98 Å². The fourth-order valence-corrected chi connectivity index (χ4v) is 2.89. The van der Waals surface area contributed by atoms with Crippen LogP contribution in [0, 0.1) is 13.8 Å². The van der Waals surface area contributed by atoms with Gasteiger partial charge in [0.1, 0.15) is 12.0 Å². The molecule has 0 fully saturated rings. The van der Waals surface area contributed by atoms with Crippen LogP contribution in [-0.4, -0.2) is 30.6 Å².